The third-order valence-electron chi connectivity index (χ3n) is 8.21. The average molecular weight is 575 g/mol. The summed E-state index contributed by atoms with van der Waals surface area (Å²) in [6, 6.07) is 13.9. The molecule has 0 aliphatic carbocycles. The number of aromatic nitrogens is 1. The van der Waals surface area contributed by atoms with Gasteiger partial charge in [0.25, 0.3) is 5.56 Å². The summed E-state index contributed by atoms with van der Waals surface area (Å²) in [7, 11) is 4.59. The number of nitrogens with zero attached hydrogens (tertiary/aromatic N) is 2. The number of methoxy groups -OCH3 is 3. The first kappa shape index (κ1) is 27.9. The highest BCUT2D eigenvalue weighted by Crippen LogP contribution is 2.36. The molecule has 0 spiro atoms. The van der Waals surface area contributed by atoms with Gasteiger partial charge < -0.3 is 33.0 Å². The number of fused-ring (bicyclic) bond motifs is 5. The third-order valence-corrected chi connectivity index (χ3v) is 8.21. The highest BCUT2D eigenvalue weighted by atomic mass is 16.5. The van der Waals surface area contributed by atoms with Crippen LogP contribution in [0.2, 0.25) is 0 Å². The molecule has 6 rings (SSSR count). The SMILES string of the molecule is COc1ccc(-c2coc3cc(OCC(O)CN4C[C@H]5C[C@@H](C4)c4cccc(=O)n4C5)c(OC)cc3c2=O)cc1OC. The lowest BCUT2D eigenvalue weighted by molar-refractivity contribution is 0.0379. The summed E-state index contributed by atoms with van der Waals surface area (Å²) in [6.45, 7) is 2.80. The lowest BCUT2D eigenvalue weighted by Gasteiger charge is -2.43. The fourth-order valence-electron chi connectivity index (χ4n) is 6.29. The van der Waals surface area contributed by atoms with E-state index in [0.717, 1.165) is 25.2 Å². The van der Waals surface area contributed by atoms with E-state index in [4.69, 9.17) is 23.4 Å². The summed E-state index contributed by atoms with van der Waals surface area (Å²) in [5, 5.41) is 11.2. The van der Waals surface area contributed by atoms with Crippen molar-refractivity contribution in [3.63, 3.8) is 0 Å². The first-order valence-corrected chi connectivity index (χ1v) is 14.0. The number of benzene rings is 2. The topological polar surface area (TPSA) is 113 Å². The molecule has 0 radical (unpaired) electrons. The van der Waals surface area contributed by atoms with Gasteiger partial charge in [-0.15, -0.1) is 0 Å². The number of hydrogen-bond acceptors (Lipinski definition) is 9. The Balaban J connectivity index is 1.16. The van der Waals surface area contributed by atoms with E-state index in [-0.39, 0.29) is 23.5 Å². The minimum absolute atomic E-state index is 0.0394. The Bertz CT molecular complexity index is 1730. The molecule has 4 heterocycles. The van der Waals surface area contributed by atoms with E-state index in [1.54, 1.807) is 43.5 Å². The summed E-state index contributed by atoms with van der Waals surface area (Å²) >= 11 is 0. The molecule has 1 saturated heterocycles. The standard InChI is InChI=1S/C32H34N2O8/c1-38-26-8-7-20(10-28(26)39-2)24-18-42-27-12-30(29(40-3)11-23(27)32(24)37)41-17-22(35)16-33-13-19-9-21(15-33)25-5-4-6-31(36)34(25)14-19/h4-8,10-12,18-19,21-22,35H,9,13-17H2,1-3H3/t19-,21+,22?/m1/s1. The highest BCUT2D eigenvalue weighted by molar-refractivity contribution is 5.85. The fraction of sp³-hybridized carbons (Fsp3) is 0.375. The minimum Gasteiger partial charge on any atom is -0.493 e. The van der Waals surface area contributed by atoms with Crippen molar-refractivity contribution in [2.45, 2.75) is 25.0 Å². The molecule has 3 atom stereocenters. The van der Waals surface area contributed by atoms with Crippen molar-refractivity contribution >= 4 is 11.0 Å². The Hall–Kier alpha value is -4.28. The zero-order valence-electron chi connectivity index (χ0n) is 23.9. The average Bonchev–Trinajstić information content (AvgIpc) is 3.00. The number of β-amino-alcohol motifs (C(OH)–C–C–N with tert-alkyl or cyclic N) is 1. The Kier molecular flexibility index (Phi) is 7.66. The Morgan fingerprint density at radius 2 is 1.71 bits per heavy atom. The van der Waals surface area contributed by atoms with Gasteiger partial charge in [0.1, 0.15) is 24.6 Å². The van der Waals surface area contributed by atoms with Crippen molar-refractivity contribution in [1.82, 2.24) is 9.47 Å². The zero-order chi connectivity index (χ0) is 29.4. The summed E-state index contributed by atoms with van der Waals surface area (Å²) < 4.78 is 29.9. The van der Waals surface area contributed by atoms with E-state index in [1.807, 2.05) is 16.7 Å². The van der Waals surface area contributed by atoms with Gasteiger partial charge in [0.05, 0.1) is 32.3 Å². The molecule has 4 aromatic rings. The molecule has 0 saturated carbocycles. The van der Waals surface area contributed by atoms with Gasteiger partial charge in [-0.05, 0) is 42.2 Å². The molecule has 2 aromatic carbocycles. The predicted molar refractivity (Wildman–Crippen MR) is 157 cm³/mol. The van der Waals surface area contributed by atoms with E-state index in [9.17, 15) is 14.7 Å². The van der Waals surface area contributed by atoms with Crippen molar-refractivity contribution in [2.75, 3.05) is 47.6 Å². The minimum atomic E-state index is -0.748. The summed E-state index contributed by atoms with van der Waals surface area (Å²) in [6.07, 6.45) is 1.72. The maximum atomic E-state index is 13.4. The van der Waals surface area contributed by atoms with E-state index in [2.05, 4.69) is 4.90 Å². The summed E-state index contributed by atoms with van der Waals surface area (Å²) in [4.78, 5) is 28.0. The van der Waals surface area contributed by atoms with Crippen LogP contribution in [0.25, 0.3) is 22.1 Å². The zero-order valence-corrected chi connectivity index (χ0v) is 23.9. The molecule has 1 fully saturated rings. The largest absolute Gasteiger partial charge is 0.493 e. The smallest absolute Gasteiger partial charge is 0.250 e. The van der Waals surface area contributed by atoms with Crippen molar-refractivity contribution in [3.8, 4) is 34.1 Å². The van der Waals surface area contributed by atoms with Gasteiger partial charge in [0.15, 0.2) is 23.0 Å². The van der Waals surface area contributed by atoms with E-state index in [0.29, 0.717) is 64.1 Å². The first-order valence-electron chi connectivity index (χ1n) is 14.0. The number of pyridine rings is 1. The van der Waals surface area contributed by atoms with Crippen LogP contribution in [0, 0.1) is 5.92 Å². The lowest BCUT2D eigenvalue weighted by Crippen LogP contribution is -2.49. The number of rotatable bonds is 9. The van der Waals surface area contributed by atoms with Crippen LogP contribution in [0.15, 0.2) is 68.8 Å². The van der Waals surface area contributed by atoms with Gasteiger partial charge in [0.2, 0.25) is 5.43 Å². The number of piperidine rings is 1. The van der Waals surface area contributed by atoms with Gasteiger partial charge >= 0.3 is 0 Å². The summed E-state index contributed by atoms with van der Waals surface area (Å²) in [5.41, 5.74) is 2.24. The van der Waals surface area contributed by atoms with Gasteiger partial charge in [-0.25, -0.2) is 0 Å². The van der Waals surface area contributed by atoms with E-state index in [1.165, 1.54) is 20.5 Å². The van der Waals surface area contributed by atoms with Crippen LogP contribution in [0.5, 0.6) is 23.0 Å². The Morgan fingerprint density at radius 1 is 0.929 bits per heavy atom. The molecule has 42 heavy (non-hydrogen) atoms. The Labute approximate surface area is 242 Å². The second-order valence-corrected chi connectivity index (χ2v) is 10.9. The maximum Gasteiger partial charge on any atom is 0.250 e. The molecule has 2 aliphatic heterocycles. The van der Waals surface area contributed by atoms with Crippen LogP contribution in [0.3, 0.4) is 0 Å². The molecule has 1 unspecified atom stereocenters. The van der Waals surface area contributed by atoms with Crippen molar-refractivity contribution in [2.24, 2.45) is 5.92 Å². The van der Waals surface area contributed by atoms with Crippen LogP contribution < -0.4 is 29.9 Å². The number of likely N-dealkylation sites (tertiary alicyclic amines) is 1. The first-order chi connectivity index (χ1) is 20.4. The number of hydrogen-bond donors (Lipinski definition) is 1. The monoisotopic (exact) mass is 574 g/mol. The van der Waals surface area contributed by atoms with Crippen LogP contribution in [0.4, 0.5) is 0 Å². The molecule has 220 valence electrons. The molecule has 2 bridgehead atoms. The van der Waals surface area contributed by atoms with Crippen LogP contribution in [-0.4, -0.2) is 68.2 Å². The molecule has 10 heteroatoms. The van der Waals surface area contributed by atoms with Gasteiger partial charge in [-0.3, -0.25) is 14.5 Å². The molecular weight excluding hydrogens is 540 g/mol. The summed E-state index contributed by atoms with van der Waals surface area (Å²) in [5.74, 6) is 2.43. The van der Waals surface area contributed by atoms with Crippen molar-refractivity contribution in [1.29, 1.82) is 0 Å². The lowest BCUT2D eigenvalue weighted by atomic mass is 9.83. The van der Waals surface area contributed by atoms with E-state index < -0.39 is 6.10 Å². The molecular formula is C32H34N2O8. The van der Waals surface area contributed by atoms with E-state index >= 15 is 0 Å². The predicted octanol–water partition coefficient (Wildman–Crippen LogP) is 3.51. The van der Waals surface area contributed by atoms with Gasteiger partial charge in [0, 0.05) is 49.9 Å². The number of aliphatic hydroxyl groups excluding tert-OH is 1. The molecule has 0 amide bonds. The number of aliphatic hydroxyl groups is 1. The van der Waals surface area contributed by atoms with Gasteiger partial charge in [-0.1, -0.05) is 12.1 Å². The van der Waals surface area contributed by atoms with Crippen LogP contribution in [0.1, 0.15) is 18.0 Å². The van der Waals surface area contributed by atoms with Gasteiger partial charge in [-0.2, -0.15) is 0 Å². The second kappa shape index (κ2) is 11.5. The van der Waals surface area contributed by atoms with Crippen molar-refractivity contribution in [3.05, 3.63) is 81.1 Å². The fourth-order valence-corrected chi connectivity index (χ4v) is 6.29. The van der Waals surface area contributed by atoms with Crippen LogP contribution in [-0.2, 0) is 6.54 Å². The molecule has 10 nitrogen and oxygen atoms in total. The maximum absolute atomic E-state index is 13.4. The highest BCUT2D eigenvalue weighted by Gasteiger charge is 2.35. The van der Waals surface area contributed by atoms with Crippen LogP contribution >= 0.6 is 0 Å². The Morgan fingerprint density at radius 3 is 2.50 bits per heavy atom. The quantitative estimate of drug-likeness (QED) is 0.321. The third kappa shape index (κ3) is 5.23. The van der Waals surface area contributed by atoms with Crippen molar-refractivity contribution < 1.29 is 28.5 Å². The molecule has 1 N–H and O–H groups in total. The second-order valence-electron chi connectivity index (χ2n) is 10.9. The number of ether oxygens (including phenoxy) is 4. The normalized spacial score (nSPS) is 18.8. The molecule has 2 aliphatic rings. The molecule has 2 aromatic heterocycles.